The first-order chi connectivity index (χ1) is 8.83. The van der Waals surface area contributed by atoms with E-state index in [0.717, 1.165) is 24.9 Å². The molecule has 0 saturated heterocycles. The summed E-state index contributed by atoms with van der Waals surface area (Å²) in [6.45, 7) is 2.50. The van der Waals surface area contributed by atoms with Crippen molar-refractivity contribution in [2.24, 2.45) is 0 Å². The zero-order valence-corrected chi connectivity index (χ0v) is 10.9. The molecule has 1 aromatic carbocycles. The number of hydrogen-bond donors (Lipinski definition) is 0. The predicted molar refractivity (Wildman–Crippen MR) is 70.5 cm³/mol. The van der Waals surface area contributed by atoms with Crippen LogP contribution in [0.3, 0.4) is 0 Å². The van der Waals surface area contributed by atoms with E-state index in [4.69, 9.17) is 9.47 Å². The lowest BCUT2D eigenvalue weighted by molar-refractivity contribution is 0.112. The van der Waals surface area contributed by atoms with Crippen LogP contribution in [0.15, 0.2) is 18.2 Å². The Morgan fingerprint density at radius 3 is 2.67 bits per heavy atom. The lowest BCUT2D eigenvalue weighted by Gasteiger charge is -2.24. The summed E-state index contributed by atoms with van der Waals surface area (Å²) < 4.78 is 11.5. The van der Waals surface area contributed by atoms with Crippen LogP contribution in [0.25, 0.3) is 0 Å². The first-order valence-electron chi connectivity index (χ1n) is 6.72. The average Bonchev–Trinajstić information content (AvgIpc) is 2.42. The van der Waals surface area contributed by atoms with Crippen molar-refractivity contribution in [1.29, 1.82) is 0 Å². The van der Waals surface area contributed by atoms with Crippen LogP contribution in [-0.2, 0) is 0 Å². The van der Waals surface area contributed by atoms with Gasteiger partial charge in [-0.1, -0.05) is 6.42 Å². The molecule has 0 bridgehead atoms. The molecular weight excluding hydrogens is 228 g/mol. The van der Waals surface area contributed by atoms with Crippen LogP contribution < -0.4 is 9.47 Å². The van der Waals surface area contributed by atoms with Gasteiger partial charge in [0.05, 0.1) is 12.7 Å². The van der Waals surface area contributed by atoms with E-state index in [0.29, 0.717) is 24.0 Å². The van der Waals surface area contributed by atoms with Gasteiger partial charge >= 0.3 is 0 Å². The van der Waals surface area contributed by atoms with E-state index < -0.39 is 0 Å². The van der Waals surface area contributed by atoms with E-state index in [-0.39, 0.29) is 0 Å². The third-order valence-corrected chi connectivity index (χ3v) is 3.25. The minimum absolute atomic E-state index is 0.292. The second-order valence-electron chi connectivity index (χ2n) is 4.63. The number of rotatable bonds is 5. The van der Waals surface area contributed by atoms with Gasteiger partial charge in [0.25, 0.3) is 0 Å². The molecule has 0 atom stereocenters. The summed E-state index contributed by atoms with van der Waals surface area (Å²) in [5.74, 6) is 1.43. The Balaban J connectivity index is 2.11. The Morgan fingerprint density at radius 1 is 1.22 bits per heavy atom. The van der Waals surface area contributed by atoms with Crippen LogP contribution in [0.2, 0.25) is 0 Å². The molecule has 0 N–H and O–H groups in total. The fourth-order valence-corrected chi connectivity index (χ4v) is 2.33. The second-order valence-corrected chi connectivity index (χ2v) is 4.63. The third-order valence-electron chi connectivity index (χ3n) is 3.25. The van der Waals surface area contributed by atoms with Crippen molar-refractivity contribution < 1.29 is 14.3 Å². The van der Waals surface area contributed by atoms with Gasteiger partial charge in [0.2, 0.25) is 0 Å². The number of hydrogen-bond acceptors (Lipinski definition) is 3. The molecule has 2 rings (SSSR count). The molecular formula is C15H20O3. The lowest BCUT2D eigenvalue weighted by Crippen LogP contribution is -2.20. The van der Waals surface area contributed by atoms with E-state index >= 15 is 0 Å². The van der Waals surface area contributed by atoms with E-state index in [1.807, 2.05) is 13.0 Å². The first-order valence-corrected chi connectivity index (χ1v) is 6.72. The molecule has 1 aliphatic carbocycles. The highest BCUT2D eigenvalue weighted by molar-refractivity contribution is 5.76. The van der Waals surface area contributed by atoms with Gasteiger partial charge in [0.1, 0.15) is 6.29 Å². The Kier molecular flexibility index (Phi) is 4.62. The zero-order chi connectivity index (χ0) is 12.8. The molecule has 0 heterocycles. The highest BCUT2D eigenvalue weighted by atomic mass is 16.5. The summed E-state index contributed by atoms with van der Waals surface area (Å²) in [5.41, 5.74) is 0.620. The van der Waals surface area contributed by atoms with Gasteiger partial charge in [0.15, 0.2) is 11.5 Å². The molecule has 0 radical (unpaired) electrons. The zero-order valence-electron chi connectivity index (χ0n) is 10.9. The Morgan fingerprint density at radius 2 is 2.00 bits per heavy atom. The van der Waals surface area contributed by atoms with Gasteiger partial charge in [-0.3, -0.25) is 4.79 Å². The number of carbonyl (C=O) groups is 1. The molecule has 98 valence electrons. The van der Waals surface area contributed by atoms with Crippen LogP contribution in [0.4, 0.5) is 0 Å². The Bertz CT molecular complexity index is 395. The molecule has 3 nitrogen and oxygen atoms in total. The van der Waals surface area contributed by atoms with E-state index in [1.54, 1.807) is 12.1 Å². The quantitative estimate of drug-likeness (QED) is 0.747. The van der Waals surface area contributed by atoms with E-state index in [2.05, 4.69) is 0 Å². The molecule has 0 amide bonds. The van der Waals surface area contributed by atoms with Crippen LogP contribution in [0, 0.1) is 0 Å². The summed E-state index contributed by atoms with van der Waals surface area (Å²) in [4.78, 5) is 10.8. The number of aldehydes is 1. The van der Waals surface area contributed by atoms with E-state index in [9.17, 15) is 4.79 Å². The first kappa shape index (κ1) is 12.9. The minimum Gasteiger partial charge on any atom is -0.490 e. The maximum absolute atomic E-state index is 10.8. The van der Waals surface area contributed by atoms with Crippen LogP contribution in [0.1, 0.15) is 49.4 Å². The summed E-state index contributed by atoms with van der Waals surface area (Å²) in [7, 11) is 0. The van der Waals surface area contributed by atoms with Crippen molar-refractivity contribution in [3.05, 3.63) is 23.8 Å². The van der Waals surface area contributed by atoms with Crippen molar-refractivity contribution >= 4 is 6.29 Å². The van der Waals surface area contributed by atoms with Crippen molar-refractivity contribution in [1.82, 2.24) is 0 Å². The second kappa shape index (κ2) is 6.43. The fraction of sp³-hybridized carbons (Fsp3) is 0.533. The normalized spacial score (nSPS) is 16.3. The SMILES string of the molecule is CCOc1cc(C=O)ccc1OC1CCCCC1. The fourth-order valence-electron chi connectivity index (χ4n) is 2.33. The maximum atomic E-state index is 10.8. The minimum atomic E-state index is 0.292. The van der Waals surface area contributed by atoms with Gasteiger partial charge in [-0.15, -0.1) is 0 Å². The molecule has 0 aliphatic heterocycles. The molecule has 3 heteroatoms. The average molecular weight is 248 g/mol. The van der Waals surface area contributed by atoms with Crippen molar-refractivity contribution in [3.63, 3.8) is 0 Å². The summed E-state index contributed by atoms with van der Waals surface area (Å²) in [6, 6.07) is 5.35. The smallest absolute Gasteiger partial charge is 0.161 e. The lowest BCUT2D eigenvalue weighted by atomic mass is 9.98. The molecule has 1 saturated carbocycles. The van der Waals surface area contributed by atoms with Crippen LogP contribution >= 0.6 is 0 Å². The molecule has 0 spiro atoms. The molecule has 0 unspecified atom stereocenters. The molecule has 1 fully saturated rings. The summed E-state index contributed by atoms with van der Waals surface area (Å²) in [6.07, 6.45) is 7.12. The molecule has 18 heavy (non-hydrogen) atoms. The summed E-state index contributed by atoms with van der Waals surface area (Å²) >= 11 is 0. The molecule has 0 aromatic heterocycles. The number of carbonyl (C=O) groups excluding carboxylic acids is 1. The van der Waals surface area contributed by atoms with Crippen LogP contribution in [0.5, 0.6) is 11.5 Å². The third kappa shape index (κ3) is 3.25. The van der Waals surface area contributed by atoms with Gasteiger partial charge in [0, 0.05) is 5.56 Å². The van der Waals surface area contributed by atoms with Gasteiger partial charge in [-0.05, 0) is 50.8 Å². The monoisotopic (exact) mass is 248 g/mol. The van der Waals surface area contributed by atoms with Crippen molar-refractivity contribution in [3.8, 4) is 11.5 Å². The highest BCUT2D eigenvalue weighted by Crippen LogP contribution is 2.31. The van der Waals surface area contributed by atoms with Gasteiger partial charge in [-0.2, -0.15) is 0 Å². The highest BCUT2D eigenvalue weighted by Gasteiger charge is 2.17. The topological polar surface area (TPSA) is 35.5 Å². The molecule has 1 aliphatic rings. The number of benzene rings is 1. The molecule has 1 aromatic rings. The van der Waals surface area contributed by atoms with Gasteiger partial charge < -0.3 is 9.47 Å². The van der Waals surface area contributed by atoms with Gasteiger partial charge in [-0.25, -0.2) is 0 Å². The standard InChI is InChI=1S/C15H20O3/c1-2-17-15-10-12(11-16)8-9-14(15)18-13-6-4-3-5-7-13/h8-11,13H,2-7H2,1H3. The van der Waals surface area contributed by atoms with Crippen molar-refractivity contribution in [2.45, 2.75) is 45.1 Å². The van der Waals surface area contributed by atoms with E-state index in [1.165, 1.54) is 19.3 Å². The van der Waals surface area contributed by atoms with Crippen molar-refractivity contribution in [2.75, 3.05) is 6.61 Å². The maximum Gasteiger partial charge on any atom is 0.161 e. The number of ether oxygens (including phenoxy) is 2. The Hall–Kier alpha value is -1.51. The predicted octanol–water partition coefficient (Wildman–Crippen LogP) is 3.61. The summed E-state index contributed by atoms with van der Waals surface area (Å²) in [5, 5.41) is 0. The Labute approximate surface area is 108 Å². The largest absolute Gasteiger partial charge is 0.490 e. The van der Waals surface area contributed by atoms with Crippen LogP contribution in [-0.4, -0.2) is 19.0 Å².